The molecule has 1 N–H and O–H groups in total. The summed E-state index contributed by atoms with van der Waals surface area (Å²) in [7, 11) is 2.94. The highest BCUT2D eigenvalue weighted by Crippen LogP contribution is 2.37. The van der Waals surface area contributed by atoms with Gasteiger partial charge in [0.25, 0.3) is 5.91 Å². The largest absolute Gasteiger partial charge is 0.495 e. The van der Waals surface area contributed by atoms with E-state index in [-0.39, 0.29) is 6.42 Å². The Labute approximate surface area is 156 Å². The molecule has 1 aliphatic heterocycles. The molecular formula is C19H18ClNO5. The summed E-state index contributed by atoms with van der Waals surface area (Å²) < 4.78 is 15.9. The maximum Gasteiger partial charge on any atom is 0.339 e. The number of ether oxygens (including phenoxy) is 3. The summed E-state index contributed by atoms with van der Waals surface area (Å²) in [4.78, 5) is 25.1. The summed E-state index contributed by atoms with van der Waals surface area (Å²) in [5.74, 6) is -0.234. The number of hydrogen-bond donors (Lipinski definition) is 1. The molecule has 2 aromatic carbocycles. The minimum absolute atomic E-state index is 0.272. The number of rotatable bonds is 4. The molecule has 136 valence electrons. The number of nitrogens with one attached hydrogen (secondary N) is 1. The molecule has 0 bridgehead atoms. The summed E-state index contributed by atoms with van der Waals surface area (Å²) in [6.07, 6.45) is 0.272. The number of hydrogen-bond acceptors (Lipinski definition) is 5. The molecule has 2 aromatic rings. The van der Waals surface area contributed by atoms with Crippen molar-refractivity contribution in [3.63, 3.8) is 0 Å². The van der Waals surface area contributed by atoms with E-state index in [0.717, 1.165) is 5.56 Å². The first kappa shape index (κ1) is 18.1. The van der Waals surface area contributed by atoms with E-state index in [1.807, 2.05) is 12.1 Å². The number of amides is 1. The van der Waals surface area contributed by atoms with Gasteiger partial charge in [-0.05, 0) is 18.6 Å². The van der Waals surface area contributed by atoms with Crippen LogP contribution in [0.1, 0.15) is 22.8 Å². The molecule has 1 amide bonds. The first-order valence-corrected chi connectivity index (χ1v) is 8.30. The van der Waals surface area contributed by atoms with E-state index in [1.165, 1.54) is 14.2 Å². The van der Waals surface area contributed by atoms with Crippen molar-refractivity contribution < 1.29 is 23.8 Å². The monoisotopic (exact) mass is 375 g/mol. The zero-order valence-electron chi connectivity index (χ0n) is 14.6. The van der Waals surface area contributed by atoms with Gasteiger partial charge in [0.15, 0.2) is 5.60 Å². The van der Waals surface area contributed by atoms with Crippen molar-refractivity contribution in [2.75, 3.05) is 19.5 Å². The summed E-state index contributed by atoms with van der Waals surface area (Å²) in [5.41, 5.74) is 0.268. The highest BCUT2D eigenvalue weighted by Gasteiger charge is 2.42. The van der Waals surface area contributed by atoms with Gasteiger partial charge in [-0.1, -0.05) is 29.8 Å². The number of halogens is 1. The van der Waals surface area contributed by atoms with Crippen molar-refractivity contribution in [2.24, 2.45) is 0 Å². The van der Waals surface area contributed by atoms with E-state index in [4.69, 9.17) is 25.8 Å². The Bertz CT molecular complexity index is 882. The fourth-order valence-corrected chi connectivity index (χ4v) is 3.10. The molecule has 0 aromatic heterocycles. The van der Waals surface area contributed by atoms with Crippen LogP contribution in [-0.4, -0.2) is 31.7 Å². The van der Waals surface area contributed by atoms with Gasteiger partial charge in [-0.25, -0.2) is 4.79 Å². The molecule has 0 aliphatic carbocycles. The molecule has 0 spiro atoms. The van der Waals surface area contributed by atoms with E-state index >= 15 is 0 Å². The van der Waals surface area contributed by atoms with Gasteiger partial charge in [-0.15, -0.1) is 0 Å². The zero-order chi connectivity index (χ0) is 18.9. The van der Waals surface area contributed by atoms with Gasteiger partial charge in [0.05, 0.1) is 30.5 Å². The van der Waals surface area contributed by atoms with E-state index in [0.29, 0.717) is 27.8 Å². The maximum atomic E-state index is 12.9. The van der Waals surface area contributed by atoms with Gasteiger partial charge in [0, 0.05) is 18.6 Å². The van der Waals surface area contributed by atoms with Crippen LogP contribution in [0.15, 0.2) is 36.4 Å². The zero-order valence-corrected chi connectivity index (χ0v) is 15.3. The predicted octanol–water partition coefficient (Wildman–Crippen LogP) is 3.47. The van der Waals surface area contributed by atoms with Crippen molar-refractivity contribution in [2.45, 2.75) is 18.9 Å². The molecule has 1 atom stereocenters. The Morgan fingerprint density at radius 2 is 1.88 bits per heavy atom. The van der Waals surface area contributed by atoms with Gasteiger partial charge in [-0.3, -0.25) is 4.79 Å². The smallest absolute Gasteiger partial charge is 0.339 e. The lowest BCUT2D eigenvalue weighted by Gasteiger charge is -2.33. The minimum atomic E-state index is -1.34. The standard InChI is InChI=1S/C19H18ClNO5/c1-19(10-11-6-4-5-7-12(11)17(22)26-19)18(23)21-14-9-15(24-2)13(20)8-16(14)25-3/h4-9H,10H2,1-3H3,(H,21,23). The number of fused-ring (bicyclic) bond motifs is 1. The van der Waals surface area contributed by atoms with E-state index in [2.05, 4.69) is 5.32 Å². The average molecular weight is 376 g/mol. The van der Waals surface area contributed by atoms with Crippen molar-refractivity contribution in [3.05, 3.63) is 52.5 Å². The van der Waals surface area contributed by atoms with Crippen LogP contribution in [0.2, 0.25) is 5.02 Å². The Morgan fingerprint density at radius 1 is 1.19 bits per heavy atom. The number of carbonyl (C=O) groups excluding carboxylic acids is 2. The molecule has 0 saturated carbocycles. The van der Waals surface area contributed by atoms with Crippen LogP contribution < -0.4 is 14.8 Å². The normalized spacial score (nSPS) is 18.5. The van der Waals surface area contributed by atoms with Crippen LogP contribution in [0.25, 0.3) is 0 Å². The SMILES string of the molecule is COc1cc(NC(=O)C2(C)Cc3ccccc3C(=O)O2)c(OC)cc1Cl. The quantitative estimate of drug-likeness (QED) is 0.828. The van der Waals surface area contributed by atoms with Crippen molar-refractivity contribution in [3.8, 4) is 11.5 Å². The van der Waals surface area contributed by atoms with Gasteiger partial charge in [-0.2, -0.15) is 0 Å². The van der Waals surface area contributed by atoms with Gasteiger partial charge < -0.3 is 19.5 Å². The minimum Gasteiger partial charge on any atom is -0.495 e. The van der Waals surface area contributed by atoms with Crippen LogP contribution in [0.4, 0.5) is 5.69 Å². The van der Waals surface area contributed by atoms with E-state index in [1.54, 1.807) is 31.2 Å². The second-order valence-electron chi connectivity index (χ2n) is 6.10. The molecule has 1 heterocycles. The molecule has 1 unspecified atom stereocenters. The lowest BCUT2D eigenvalue weighted by Crippen LogP contribution is -2.48. The van der Waals surface area contributed by atoms with E-state index < -0.39 is 17.5 Å². The lowest BCUT2D eigenvalue weighted by atomic mass is 9.89. The van der Waals surface area contributed by atoms with Crippen LogP contribution in [0.5, 0.6) is 11.5 Å². The molecule has 0 radical (unpaired) electrons. The van der Waals surface area contributed by atoms with E-state index in [9.17, 15) is 9.59 Å². The number of carbonyl (C=O) groups is 2. The van der Waals surface area contributed by atoms with Crippen LogP contribution >= 0.6 is 11.6 Å². The third-order valence-corrected chi connectivity index (χ3v) is 4.58. The third-order valence-electron chi connectivity index (χ3n) is 4.29. The summed E-state index contributed by atoms with van der Waals surface area (Å²) in [6, 6.07) is 10.2. The topological polar surface area (TPSA) is 73.9 Å². The van der Waals surface area contributed by atoms with Crippen LogP contribution in [0.3, 0.4) is 0 Å². The van der Waals surface area contributed by atoms with Crippen molar-refractivity contribution >= 4 is 29.2 Å². The van der Waals surface area contributed by atoms with Crippen LogP contribution in [0, 0.1) is 0 Å². The second-order valence-corrected chi connectivity index (χ2v) is 6.50. The van der Waals surface area contributed by atoms with Crippen molar-refractivity contribution in [1.29, 1.82) is 0 Å². The summed E-state index contributed by atoms with van der Waals surface area (Å²) in [6.45, 7) is 1.58. The Morgan fingerprint density at radius 3 is 2.58 bits per heavy atom. The summed E-state index contributed by atoms with van der Waals surface area (Å²) in [5, 5.41) is 3.10. The molecule has 3 rings (SSSR count). The third kappa shape index (κ3) is 3.20. The number of benzene rings is 2. The van der Waals surface area contributed by atoms with Crippen LogP contribution in [-0.2, 0) is 16.0 Å². The predicted molar refractivity (Wildman–Crippen MR) is 97.2 cm³/mol. The second kappa shape index (κ2) is 6.88. The first-order valence-electron chi connectivity index (χ1n) is 7.92. The highest BCUT2D eigenvalue weighted by atomic mass is 35.5. The maximum absolute atomic E-state index is 12.9. The molecule has 26 heavy (non-hydrogen) atoms. The molecule has 6 nitrogen and oxygen atoms in total. The Hall–Kier alpha value is -2.73. The number of cyclic esters (lactones) is 1. The highest BCUT2D eigenvalue weighted by molar-refractivity contribution is 6.32. The average Bonchev–Trinajstić information content (AvgIpc) is 2.62. The lowest BCUT2D eigenvalue weighted by molar-refractivity contribution is -0.134. The van der Waals surface area contributed by atoms with Gasteiger partial charge in [0.1, 0.15) is 11.5 Å². The Balaban J connectivity index is 1.90. The number of esters is 1. The van der Waals surface area contributed by atoms with Gasteiger partial charge >= 0.3 is 5.97 Å². The molecule has 7 heteroatoms. The fourth-order valence-electron chi connectivity index (χ4n) is 2.87. The first-order chi connectivity index (χ1) is 12.4. The molecule has 1 aliphatic rings. The summed E-state index contributed by atoms with van der Waals surface area (Å²) >= 11 is 6.08. The molecular weight excluding hydrogens is 358 g/mol. The number of anilines is 1. The number of methoxy groups -OCH3 is 2. The fraction of sp³-hybridized carbons (Fsp3) is 0.263. The molecule has 0 saturated heterocycles. The Kier molecular flexibility index (Phi) is 4.78. The molecule has 0 fully saturated rings. The van der Waals surface area contributed by atoms with Gasteiger partial charge in [0.2, 0.25) is 0 Å². The van der Waals surface area contributed by atoms with Crippen molar-refractivity contribution in [1.82, 2.24) is 0 Å².